The minimum atomic E-state index is 0.948. The molecule has 0 aliphatic heterocycles. The van der Waals surface area contributed by atoms with Crippen LogP contribution >= 0.6 is 11.3 Å². The molecule has 7 aromatic rings. The van der Waals surface area contributed by atoms with Crippen molar-refractivity contribution in [1.29, 1.82) is 0 Å². The van der Waals surface area contributed by atoms with E-state index in [1.807, 2.05) is 17.4 Å². The molecule has 0 fully saturated rings. The van der Waals surface area contributed by atoms with Crippen molar-refractivity contribution in [3.05, 3.63) is 72.8 Å². The second kappa shape index (κ2) is 4.94. The maximum atomic E-state index is 6.19. The average Bonchev–Trinajstić information content (AvgIpc) is 3.37. The number of nitrogens with zero attached hydrogens (tertiary/aromatic N) is 1. The van der Waals surface area contributed by atoms with Gasteiger partial charge in [0.1, 0.15) is 11.2 Å². The van der Waals surface area contributed by atoms with Crippen molar-refractivity contribution in [2.24, 2.45) is 7.05 Å². The Balaban J connectivity index is 1.90. The van der Waals surface area contributed by atoms with Gasteiger partial charge in [-0.2, -0.15) is 0 Å². The van der Waals surface area contributed by atoms with Crippen LogP contribution in [-0.2, 0) is 7.05 Å². The third-order valence-electron chi connectivity index (χ3n) is 6.02. The summed E-state index contributed by atoms with van der Waals surface area (Å²) in [7, 11) is 2.17. The lowest BCUT2D eigenvalue weighted by Gasteiger charge is -1.99. The summed E-state index contributed by atoms with van der Waals surface area (Å²) in [5.74, 6) is 0. The monoisotopic (exact) mass is 377 g/mol. The molecule has 0 radical (unpaired) electrons. The summed E-state index contributed by atoms with van der Waals surface area (Å²) in [6.45, 7) is 0. The summed E-state index contributed by atoms with van der Waals surface area (Å²) >= 11 is 1.87. The molecular weight excluding hydrogens is 362 g/mol. The van der Waals surface area contributed by atoms with Crippen molar-refractivity contribution < 1.29 is 4.42 Å². The Morgan fingerprint density at radius 3 is 2.21 bits per heavy atom. The molecule has 4 aromatic carbocycles. The van der Waals surface area contributed by atoms with Crippen molar-refractivity contribution in [2.75, 3.05) is 0 Å². The maximum Gasteiger partial charge on any atom is 0.136 e. The van der Waals surface area contributed by atoms with Gasteiger partial charge in [0.25, 0.3) is 0 Å². The molecule has 0 aliphatic rings. The van der Waals surface area contributed by atoms with Crippen LogP contribution in [0.25, 0.3) is 63.9 Å². The number of rotatable bonds is 0. The molecule has 0 unspecified atom stereocenters. The van der Waals surface area contributed by atoms with Gasteiger partial charge < -0.3 is 8.98 Å². The van der Waals surface area contributed by atoms with Crippen LogP contribution < -0.4 is 0 Å². The Kier molecular flexibility index (Phi) is 2.60. The highest BCUT2D eigenvalue weighted by Crippen LogP contribution is 2.45. The van der Waals surface area contributed by atoms with E-state index in [4.69, 9.17) is 4.42 Å². The zero-order valence-corrected chi connectivity index (χ0v) is 16.0. The van der Waals surface area contributed by atoms with Crippen molar-refractivity contribution in [3.63, 3.8) is 0 Å². The molecule has 7 rings (SSSR count). The average molecular weight is 377 g/mol. The van der Waals surface area contributed by atoms with Gasteiger partial charge in [0.2, 0.25) is 0 Å². The van der Waals surface area contributed by atoms with E-state index < -0.39 is 0 Å². The zero-order chi connectivity index (χ0) is 18.4. The van der Waals surface area contributed by atoms with Crippen LogP contribution in [-0.4, -0.2) is 4.57 Å². The Morgan fingerprint density at radius 2 is 1.32 bits per heavy atom. The normalized spacial score (nSPS) is 12.5. The van der Waals surface area contributed by atoms with Crippen molar-refractivity contribution >= 4 is 75.3 Å². The zero-order valence-electron chi connectivity index (χ0n) is 15.2. The van der Waals surface area contributed by atoms with E-state index in [2.05, 4.69) is 78.3 Å². The molecule has 0 saturated carbocycles. The first-order valence-electron chi connectivity index (χ1n) is 9.44. The number of aromatic nitrogens is 1. The fourth-order valence-electron chi connectivity index (χ4n) is 4.81. The number of hydrogen-bond acceptors (Lipinski definition) is 2. The third kappa shape index (κ3) is 1.64. The molecule has 0 bridgehead atoms. The number of fused-ring (bicyclic) bond motifs is 11. The topological polar surface area (TPSA) is 18.1 Å². The van der Waals surface area contributed by atoms with Crippen molar-refractivity contribution in [1.82, 2.24) is 4.57 Å². The lowest BCUT2D eigenvalue weighted by Crippen LogP contribution is -1.85. The van der Waals surface area contributed by atoms with Crippen LogP contribution in [0.15, 0.2) is 77.2 Å². The molecule has 3 heteroatoms. The maximum absolute atomic E-state index is 6.19. The minimum Gasteiger partial charge on any atom is -0.456 e. The smallest absolute Gasteiger partial charge is 0.136 e. The molecule has 0 saturated heterocycles. The van der Waals surface area contributed by atoms with Gasteiger partial charge in [-0.15, -0.1) is 11.3 Å². The van der Waals surface area contributed by atoms with Gasteiger partial charge in [-0.05, 0) is 36.4 Å². The summed E-state index contributed by atoms with van der Waals surface area (Å²) in [6.07, 6.45) is 0. The second-order valence-electron chi connectivity index (χ2n) is 7.42. The molecule has 2 nitrogen and oxygen atoms in total. The number of thiophene rings is 1. The Morgan fingerprint density at radius 1 is 0.607 bits per heavy atom. The predicted octanol–water partition coefficient (Wildman–Crippen LogP) is 7.60. The van der Waals surface area contributed by atoms with Crippen LogP contribution in [0, 0.1) is 0 Å². The molecule has 3 aromatic heterocycles. The van der Waals surface area contributed by atoms with E-state index in [0.717, 1.165) is 11.2 Å². The summed E-state index contributed by atoms with van der Waals surface area (Å²) < 4.78 is 11.2. The van der Waals surface area contributed by atoms with Gasteiger partial charge in [-0.1, -0.05) is 36.4 Å². The van der Waals surface area contributed by atoms with E-state index in [-0.39, 0.29) is 0 Å². The molecule has 0 amide bonds. The second-order valence-corrected chi connectivity index (χ2v) is 8.50. The number of hydrogen-bond donors (Lipinski definition) is 0. The lowest BCUT2D eigenvalue weighted by atomic mass is 10.0. The van der Waals surface area contributed by atoms with Crippen molar-refractivity contribution in [3.8, 4) is 0 Å². The number of furan rings is 1. The van der Waals surface area contributed by atoms with Gasteiger partial charge in [0.05, 0.1) is 0 Å². The highest BCUT2D eigenvalue weighted by Gasteiger charge is 2.19. The molecule has 0 spiro atoms. The predicted molar refractivity (Wildman–Crippen MR) is 121 cm³/mol. The molecule has 0 atom stereocenters. The SMILES string of the molecule is Cn1c2ccc3oc4ccccc4c3c2c2c3c(ccc21)sc1ccccc13. The van der Waals surface area contributed by atoms with Gasteiger partial charge in [-0.25, -0.2) is 0 Å². The van der Waals surface area contributed by atoms with Gasteiger partial charge >= 0.3 is 0 Å². The summed E-state index contributed by atoms with van der Waals surface area (Å²) in [5.41, 5.74) is 4.42. The van der Waals surface area contributed by atoms with E-state index in [0.29, 0.717) is 0 Å². The van der Waals surface area contributed by atoms with Gasteiger partial charge in [0, 0.05) is 59.8 Å². The summed E-state index contributed by atoms with van der Waals surface area (Å²) in [6, 6.07) is 25.9. The van der Waals surface area contributed by atoms with Crippen LogP contribution in [0.3, 0.4) is 0 Å². The van der Waals surface area contributed by atoms with Gasteiger partial charge in [0.15, 0.2) is 0 Å². The van der Waals surface area contributed by atoms with E-state index in [9.17, 15) is 0 Å². The van der Waals surface area contributed by atoms with Crippen LogP contribution in [0.4, 0.5) is 0 Å². The fourth-order valence-corrected chi connectivity index (χ4v) is 5.92. The minimum absolute atomic E-state index is 0.948. The van der Waals surface area contributed by atoms with Crippen LogP contribution in [0.2, 0.25) is 0 Å². The van der Waals surface area contributed by atoms with E-state index >= 15 is 0 Å². The first kappa shape index (κ1) is 14.7. The number of aryl methyl sites for hydroxylation is 1. The fraction of sp³-hybridized carbons (Fsp3) is 0.0400. The highest BCUT2D eigenvalue weighted by atomic mass is 32.1. The molecule has 0 N–H and O–H groups in total. The molecule has 0 aliphatic carbocycles. The summed E-state index contributed by atoms with van der Waals surface area (Å²) in [4.78, 5) is 0. The van der Waals surface area contributed by atoms with Gasteiger partial charge in [-0.3, -0.25) is 0 Å². The lowest BCUT2D eigenvalue weighted by molar-refractivity contribution is 0.669. The van der Waals surface area contributed by atoms with E-state index in [1.54, 1.807) is 0 Å². The molecule has 28 heavy (non-hydrogen) atoms. The molecule has 132 valence electrons. The largest absolute Gasteiger partial charge is 0.456 e. The first-order chi connectivity index (χ1) is 13.8. The first-order valence-corrected chi connectivity index (χ1v) is 10.3. The number of benzene rings is 4. The highest BCUT2D eigenvalue weighted by molar-refractivity contribution is 7.26. The Labute approximate surface area is 164 Å². The van der Waals surface area contributed by atoms with E-state index in [1.165, 1.54) is 52.8 Å². The quantitative estimate of drug-likeness (QED) is 0.266. The Bertz CT molecular complexity index is 1600. The third-order valence-corrected chi connectivity index (χ3v) is 7.15. The summed E-state index contributed by atoms with van der Waals surface area (Å²) in [5, 5.41) is 7.75. The number of para-hydroxylation sites is 1. The molecule has 3 heterocycles. The van der Waals surface area contributed by atoms with Crippen molar-refractivity contribution in [2.45, 2.75) is 0 Å². The Hall–Kier alpha value is -3.30. The van der Waals surface area contributed by atoms with Crippen LogP contribution in [0.1, 0.15) is 0 Å². The standard InChI is InChI=1S/C25H15NOS/c1-26-16-10-12-19-22(14-6-2-4-8-18(14)27-19)24(16)25-17(26)11-13-21-23(25)15-7-3-5-9-20(15)28-21/h2-13H,1H3. The molecular formula is C25H15NOS. The van der Waals surface area contributed by atoms with Crippen LogP contribution in [0.5, 0.6) is 0 Å².